The SMILES string of the molecule is CC1(C)CC(=O)C2=C(C1)c1c(ccc3ccccc13)NC2c1ccc(C2(C)N=N2)cc1. The van der Waals surface area contributed by atoms with Gasteiger partial charge in [0.2, 0.25) is 5.66 Å². The number of nitrogens with zero attached hydrogens (tertiary/aromatic N) is 2. The lowest BCUT2D eigenvalue weighted by Crippen LogP contribution is -2.33. The van der Waals surface area contributed by atoms with Gasteiger partial charge < -0.3 is 5.32 Å². The normalized spacial score (nSPS) is 22.7. The topological polar surface area (TPSA) is 53.8 Å². The summed E-state index contributed by atoms with van der Waals surface area (Å²) in [6, 6.07) is 21.1. The van der Waals surface area contributed by atoms with Crippen LogP contribution in [0.15, 0.2) is 76.5 Å². The highest BCUT2D eigenvalue weighted by atomic mass is 16.1. The number of hydrogen-bond acceptors (Lipinski definition) is 4. The van der Waals surface area contributed by atoms with Gasteiger partial charge in [0.1, 0.15) is 0 Å². The fraction of sp³-hybridized carbons (Fsp3) is 0.296. The van der Waals surface area contributed by atoms with Crippen molar-refractivity contribution in [2.45, 2.75) is 45.3 Å². The molecule has 1 N–H and O–H groups in total. The Morgan fingerprint density at radius 2 is 1.65 bits per heavy atom. The highest BCUT2D eigenvalue weighted by Crippen LogP contribution is 2.52. The van der Waals surface area contributed by atoms with Gasteiger partial charge in [-0.15, -0.1) is 0 Å². The van der Waals surface area contributed by atoms with Crippen molar-refractivity contribution in [3.8, 4) is 0 Å². The van der Waals surface area contributed by atoms with Crippen molar-refractivity contribution in [2.75, 3.05) is 5.32 Å². The molecule has 0 aromatic heterocycles. The van der Waals surface area contributed by atoms with Crippen molar-refractivity contribution in [3.05, 3.63) is 82.9 Å². The van der Waals surface area contributed by atoms with E-state index < -0.39 is 0 Å². The number of fused-ring (bicyclic) bond motifs is 4. The minimum Gasteiger partial charge on any atom is -0.373 e. The van der Waals surface area contributed by atoms with Crippen LogP contribution in [-0.4, -0.2) is 5.78 Å². The van der Waals surface area contributed by atoms with E-state index in [-0.39, 0.29) is 22.9 Å². The molecule has 0 radical (unpaired) electrons. The van der Waals surface area contributed by atoms with Crippen LogP contribution >= 0.6 is 0 Å². The first-order valence-electron chi connectivity index (χ1n) is 10.9. The fourth-order valence-electron chi connectivity index (χ4n) is 5.27. The van der Waals surface area contributed by atoms with E-state index in [1.165, 1.54) is 21.9 Å². The van der Waals surface area contributed by atoms with Crippen molar-refractivity contribution < 1.29 is 4.79 Å². The molecule has 0 saturated carbocycles. The Morgan fingerprint density at radius 3 is 2.39 bits per heavy atom. The van der Waals surface area contributed by atoms with Crippen molar-refractivity contribution in [1.29, 1.82) is 0 Å². The van der Waals surface area contributed by atoms with E-state index in [4.69, 9.17) is 0 Å². The number of carbonyl (C=O) groups excluding carboxylic acids is 1. The maximum atomic E-state index is 13.5. The third-order valence-corrected chi connectivity index (χ3v) is 6.93. The molecule has 2 aliphatic heterocycles. The average Bonchev–Trinajstić information content (AvgIpc) is 3.50. The standard InChI is InChI=1S/C27H25N3O/c1-26(2)14-20-23-19-7-5-4-6-16(19)10-13-21(23)28-25(24(20)22(31)15-26)17-8-11-18(12-9-17)27(3)29-30-27/h4-13,25,28H,14-15H2,1-3H3. The molecule has 3 aromatic rings. The van der Waals surface area contributed by atoms with Crippen LogP contribution in [0, 0.1) is 5.41 Å². The monoisotopic (exact) mass is 407 g/mol. The maximum Gasteiger partial charge on any atom is 0.213 e. The largest absolute Gasteiger partial charge is 0.373 e. The molecule has 0 spiro atoms. The molecule has 3 aliphatic rings. The van der Waals surface area contributed by atoms with Gasteiger partial charge >= 0.3 is 0 Å². The summed E-state index contributed by atoms with van der Waals surface area (Å²) >= 11 is 0. The number of Topliss-reactive ketones (excluding diaryl/α,β-unsaturated/α-hetero) is 1. The Morgan fingerprint density at radius 1 is 0.903 bits per heavy atom. The fourth-order valence-corrected chi connectivity index (χ4v) is 5.27. The van der Waals surface area contributed by atoms with Gasteiger partial charge in [0, 0.05) is 28.8 Å². The summed E-state index contributed by atoms with van der Waals surface area (Å²) in [7, 11) is 0. The van der Waals surface area contributed by atoms with E-state index >= 15 is 0 Å². The highest BCUT2D eigenvalue weighted by Gasteiger charge is 2.41. The van der Waals surface area contributed by atoms with Crippen LogP contribution < -0.4 is 5.32 Å². The molecule has 6 rings (SSSR count). The number of allylic oxidation sites excluding steroid dienone is 1. The zero-order valence-corrected chi connectivity index (χ0v) is 18.1. The summed E-state index contributed by atoms with van der Waals surface area (Å²) < 4.78 is 0. The molecule has 4 heteroatoms. The third kappa shape index (κ3) is 2.85. The van der Waals surface area contributed by atoms with Crippen molar-refractivity contribution in [3.63, 3.8) is 0 Å². The Balaban J connectivity index is 1.54. The molecule has 0 amide bonds. The van der Waals surface area contributed by atoms with Gasteiger partial charge in [-0.25, -0.2) is 0 Å². The lowest BCUT2D eigenvalue weighted by molar-refractivity contribution is -0.118. The van der Waals surface area contributed by atoms with Gasteiger partial charge in [-0.05, 0) is 46.7 Å². The van der Waals surface area contributed by atoms with Crippen LogP contribution in [-0.2, 0) is 10.5 Å². The first-order valence-corrected chi connectivity index (χ1v) is 10.9. The van der Waals surface area contributed by atoms with E-state index in [1.54, 1.807) is 0 Å². The zero-order chi connectivity index (χ0) is 21.4. The summed E-state index contributed by atoms with van der Waals surface area (Å²) in [6.45, 7) is 6.42. The zero-order valence-electron chi connectivity index (χ0n) is 18.1. The Hall–Kier alpha value is -3.27. The second-order valence-electron chi connectivity index (χ2n) is 9.96. The number of anilines is 1. The molecule has 31 heavy (non-hydrogen) atoms. The molecule has 3 aromatic carbocycles. The van der Waals surface area contributed by atoms with E-state index in [2.05, 4.69) is 90.1 Å². The number of nitrogens with one attached hydrogen (secondary N) is 1. The molecule has 1 atom stereocenters. The van der Waals surface area contributed by atoms with Crippen molar-refractivity contribution in [1.82, 2.24) is 0 Å². The van der Waals surface area contributed by atoms with Crippen molar-refractivity contribution >= 4 is 27.8 Å². The second kappa shape index (κ2) is 6.13. The quantitative estimate of drug-likeness (QED) is 0.508. The number of rotatable bonds is 2. The first kappa shape index (κ1) is 18.5. The minimum atomic E-state index is -0.390. The summed E-state index contributed by atoms with van der Waals surface area (Å²) in [5, 5.41) is 14.4. The summed E-state index contributed by atoms with van der Waals surface area (Å²) in [4.78, 5) is 13.5. The maximum absolute atomic E-state index is 13.5. The summed E-state index contributed by atoms with van der Waals surface area (Å²) in [5.74, 6) is 0.255. The highest BCUT2D eigenvalue weighted by molar-refractivity contribution is 6.12. The minimum absolute atomic E-state index is 0.0422. The smallest absolute Gasteiger partial charge is 0.213 e. The van der Waals surface area contributed by atoms with Crippen LogP contribution in [0.25, 0.3) is 16.3 Å². The molecule has 0 bridgehead atoms. The van der Waals surface area contributed by atoms with Gasteiger partial charge in [0.05, 0.1) is 6.04 Å². The molecule has 154 valence electrons. The van der Waals surface area contributed by atoms with Gasteiger partial charge in [-0.1, -0.05) is 68.4 Å². The summed E-state index contributed by atoms with van der Waals surface area (Å²) in [5.41, 5.74) is 6.21. The third-order valence-electron chi connectivity index (χ3n) is 6.93. The number of hydrogen-bond donors (Lipinski definition) is 1. The molecule has 0 saturated heterocycles. The second-order valence-corrected chi connectivity index (χ2v) is 9.96. The predicted octanol–water partition coefficient (Wildman–Crippen LogP) is 6.79. The van der Waals surface area contributed by atoms with Crippen LogP contribution in [0.3, 0.4) is 0 Å². The lowest BCUT2D eigenvalue weighted by Gasteiger charge is -2.40. The average molecular weight is 408 g/mol. The van der Waals surface area contributed by atoms with E-state index in [1.807, 2.05) is 6.92 Å². The van der Waals surface area contributed by atoms with Crippen molar-refractivity contribution in [2.24, 2.45) is 15.6 Å². The first-order chi connectivity index (χ1) is 14.8. The lowest BCUT2D eigenvalue weighted by atomic mass is 9.68. The van der Waals surface area contributed by atoms with Crippen LogP contribution in [0.2, 0.25) is 0 Å². The van der Waals surface area contributed by atoms with Gasteiger partial charge in [-0.2, -0.15) is 10.2 Å². The molecule has 4 nitrogen and oxygen atoms in total. The molecular formula is C27H25N3O. The Kier molecular flexibility index (Phi) is 3.66. The van der Waals surface area contributed by atoms with Crippen LogP contribution in [0.1, 0.15) is 56.3 Å². The van der Waals surface area contributed by atoms with E-state index in [0.717, 1.165) is 28.8 Å². The van der Waals surface area contributed by atoms with Crippen LogP contribution in [0.5, 0.6) is 0 Å². The number of benzene rings is 3. The Labute approximate surface area is 182 Å². The predicted molar refractivity (Wildman–Crippen MR) is 124 cm³/mol. The Bertz CT molecular complexity index is 1310. The van der Waals surface area contributed by atoms with Gasteiger partial charge in [0.15, 0.2) is 5.78 Å². The van der Waals surface area contributed by atoms with E-state index in [0.29, 0.717) is 6.42 Å². The molecule has 0 fully saturated rings. The summed E-state index contributed by atoms with van der Waals surface area (Å²) in [6.07, 6.45) is 1.49. The van der Waals surface area contributed by atoms with Gasteiger partial charge in [-0.3, -0.25) is 4.79 Å². The molecular weight excluding hydrogens is 382 g/mol. The number of carbonyl (C=O) groups is 1. The number of ketones is 1. The van der Waals surface area contributed by atoms with Gasteiger partial charge in [0.25, 0.3) is 0 Å². The molecule has 2 heterocycles. The van der Waals surface area contributed by atoms with Crippen LogP contribution in [0.4, 0.5) is 5.69 Å². The molecule has 1 unspecified atom stereocenters. The molecule has 1 aliphatic carbocycles. The van der Waals surface area contributed by atoms with E-state index in [9.17, 15) is 4.79 Å².